The van der Waals surface area contributed by atoms with Crippen molar-refractivity contribution in [3.05, 3.63) is 65.7 Å². The van der Waals surface area contributed by atoms with Crippen molar-refractivity contribution >= 4 is 11.6 Å². The Morgan fingerprint density at radius 2 is 1.72 bits per heavy atom. The third-order valence-corrected chi connectivity index (χ3v) is 5.14. The lowest BCUT2D eigenvalue weighted by atomic mass is 9.73. The summed E-state index contributed by atoms with van der Waals surface area (Å²) in [7, 11) is 0. The van der Waals surface area contributed by atoms with Gasteiger partial charge in [0.25, 0.3) is 0 Å². The first-order valence-electron chi connectivity index (χ1n) is 9.28. The summed E-state index contributed by atoms with van der Waals surface area (Å²) in [5.74, 6) is 0.0725. The predicted octanol–water partition coefficient (Wildman–Crippen LogP) is 4.72. The molecule has 1 fully saturated rings. The molecule has 1 amide bonds. The number of anilines is 1. The summed E-state index contributed by atoms with van der Waals surface area (Å²) in [6, 6.07) is 18.4. The van der Waals surface area contributed by atoms with Gasteiger partial charge in [-0.3, -0.25) is 4.79 Å². The van der Waals surface area contributed by atoms with E-state index in [9.17, 15) is 4.79 Å². The Labute approximate surface area is 150 Å². The van der Waals surface area contributed by atoms with Gasteiger partial charge in [0.15, 0.2) is 0 Å². The van der Waals surface area contributed by atoms with E-state index in [0.717, 1.165) is 30.5 Å². The molecule has 0 spiro atoms. The van der Waals surface area contributed by atoms with Gasteiger partial charge in [-0.15, -0.1) is 0 Å². The van der Waals surface area contributed by atoms with Gasteiger partial charge in [-0.1, -0.05) is 55.8 Å². The molecule has 0 radical (unpaired) electrons. The zero-order valence-electron chi connectivity index (χ0n) is 15.0. The van der Waals surface area contributed by atoms with Crippen LogP contribution in [0.5, 0.6) is 0 Å². The van der Waals surface area contributed by atoms with Gasteiger partial charge >= 0.3 is 0 Å². The molecule has 0 aliphatic carbocycles. The van der Waals surface area contributed by atoms with E-state index in [1.807, 2.05) is 30.3 Å². The first-order valence-corrected chi connectivity index (χ1v) is 9.28. The van der Waals surface area contributed by atoms with Crippen molar-refractivity contribution < 1.29 is 9.53 Å². The second-order valence-corrected chi connectivity index (χ2v) is 6.82. The summed E-state index contributed by atoms with van der Waals surface area (Å²) in [6.07, 6.45) is 4.92. The van der Waals surface area contributed by atoms with Crippen LogP contribution in [0.25, 0.3) is 0 Å². The number of rotatable bonds is 6. The normalized spacial score (nSPS) is 16.4. The molecule has 0 unspecified atom stereocenters. The number of carbonyl (C=O) groups is 1. The fraction of sp³-hybridized carbons (Fsp3) is 0.409. The molecule has 3 rings (SSSR count). The van der Waals surface area contributed by atoms with Crippen LogP contribution in [-0.4, -0.2) is 19.1 Å². The van der Waals surface area contributed by atoms with E-state index < -0.39 is 5.41 Å². The average molecular weight is 337 g/mol. The zero-order chi connectivity index (χ0) is 17.5. The number of aryl methyl sites for hydroxylation is 1. The van der Waals surface area contributed by atoms with Crippen molar-refractivity contribution in [3.8, 4) is 0 Å². The highest BCUT2D eigenvalue weighted by molar-refractivity contribution is 5.99. The minimum Gasteiger partial charge on any atom is -0.381 e. The number of amides is 1. The Morgan fingerprint density at radius 3 is 2.36 bits per heavy atom. The summed E-state index contributed by atoms with van der Waals surface area (Å²) in [5.41, 5.74) is 2.77. The SMILES string of the molecule is CCCCc1ccc(NC(=O)C2(c3ccccc3)CCOCC2)cc1. The van der Waals surface area contributed by atoms with Gasteiger partial charge in [0.1, 0.15) is 0 Å². The molecule has 1 aliphatic heterocycles. The Bertz CT molecular complexity index is 673. The smallest absolute Gasteiger partial charge is 0.235 e. The molecule has 3 heteroatoms. The lowest BCUT2D eigenvalue weighted by molar-refractivity contribution is -0.125. The van der Waals surface area contributed by atoms with Gasteiger partial charge in [0.05, 0.1) is 5.41 Å². The molecule has 1 saturated heterocycles. The second-order valence-electron chi connectivity index (χ2n) is 6.82. The van der Waals surface area contributed by atoms with Crippen molar-refractivity contribution in [2.24, 2.45) is 0 Å². The first kappa shape index (κ1) is 17.7. The fourth-order valence-corrected chi connectivity index (χ4v) is 3.51. The van der Waals surface area contributed by atoms with Gasteiger partial charge in [-0.05, 0) is 48.9 Å². The quantitative estimate of drug-likeness (QED) is 0.828. The average Bonchev–Trinajstić information content (AvgIpc) is 2.68. The van der Waals surface area contributed by atoms with E-state index in [4.69, 9.17) is 4.74 Å². The third kappa shape index (κ3) is 4.10. The minimum atomic E-state index is -0.500. The summed E-state index contributed by atoms with van der Waals surface area (Å²) in [4.78, 5) is 13.2. The van der Waals surface area contributed by atoms with Gasteiger partial charge in [-0.25, -0.2) is 0 Å². The van der Waals surface area contributed by atoms with Crippen LogP contribution in [0.4, 0.5) is 5.69 Å². The molecule has 0 saturated carbocycles. The van der Waals surface area contributed by atoms with Crippen molar-refractivity contribution in [2.45, 2.75) is 44.4 Å². The van der Waals surface area contributed by atoms with Gasteiger partial charge < -0.3 is 10.1 Å². The van der Waals surface area contributed by atoms with Crippen LogP contribution < -0.4 is 5.32 Å². The van der Waals surface area contributed by atoms with Crippen LogP contribution in [0, 0.1) is 0 Å². The summed E-state index contributed by atoms with van der Waals surface area (Å²) in [5, 5.41) is 3.14. The van der Waals surface area contributed by atoms with Crippen LogP contribution in [-0.2, 0) is 21.4 Å². The molecule has 1 N–H and O–H groups in total. The maximum atomic E-state index is 13.2. The standard InChI is InChI=1S/C22H27NO2/c1-2-3-7-18-10-12-20(13-11-18)23-21(24)22(14-16-25-17-15-22)19-8-5-4-6-9-19/h4-6,8-13H,2-3,7,14-17H2,1H3,(H,23,24). The first-order chi connectivity index (χ1) is 12.2. The highest BCUT2D eigenvalue weighted by atomic mass is 16.5. The molecular weight excluding hydrogens is 310 g/mol. The van der Waals surface area contributed by atoms with E-state index in [1.54, 1.807) is 0 Å². The van der Waals surface area contributed by atoms with E-state index in [0.29, 0.717) is 13.2 Å². The predicted molar refractivity (Wildman–Crippen MR) is 102 cm³/mol. The minimum absolute atomic E-state index is 0.0725. The van der Waals surface area contributed by atoms with E-state index in [1.165, 1.54) is 18.4 Å². The van der Waals surface area contributed by atoms with Crippen LogP contribution in [0.1, 0.15) is 43.7 Å². The van der Waals surface area contributed by atoms with Gasteiger partial charge in [0, 0.05) is 18.9 Å². The highest BCUT2D eigenvalue weighted by Crippen LogP contribution is 2.36. The highest BCUT2D eigenvalue weighted by Gasteiger charge is 2.41. The maximum Gasteiger partial charge on any atom is 0.235 e. The number of carbonyl (C=O) groups excluding carboxylic acids is 1. The number of nitrogens with one attached hydrogen (secondary N) is 1. The van der Waals surface area contributed by atoms with Crippen LogP contribution in [0.15, 0.2) is 54.6 Å². The molecule has 3 nitrogen and oxygen atoms in total. The number of hydrogen-bond acceptors (Lipinski definition) is 2. The lowest BCUT2D eigenvalue weighted by Crippen LogP contribution is -2.44. The number of hydrogen-bond donors (Lipinski definition) is 1. The van der Waals surface area contributed by atoms with Crippen molar-refractivity contribution in [1.82, 2.24) is 0 Å². The molecule has 1 aliphatic rings. The third-order valence-electron chi connectivity index (χ3n) is 5.14. The molecule has 0 bridgehead atoms. The molecule has 2 aromatic carbocycles. The van der Waals surface area contributed by atoms with Crippen molar-refractivity contribution in [3.63, 3.8) is 0 Å². The summed E-state index contributed by atoms with van der Waals surface area (Å²) in [6.45, 7) is 3.45. The monoisotopic (exact) mass is 337 g/mol. The van der Waals surface area contributed by atoms with Crippen LogP contribution in [0.2, 0.25) is 0 Å². The largest absolute Gasteiger partial charge is 0.381 e. The van der Waals surface area contributed by atoms with Crippen LogP contribution >= 0.6 is 0 Å². The lowest BCUT2D eigenvalue weighted by Gasteiger charge is -2.36. The maximum absolute atomic E-state index is 13.2. The Morgan fingerprint density at radius 1 is 1.04 bits per heavy atom. The van der Waals surface area contributed by atoms with E-state index in [-0.39, 0.29) is 5.91 Å². The number of ether oxygens (including phenoxy) is 1. The number of unbranched alkanes of at least 4 members (excludes halogenated alkanes) is 1. The van der Waals surface area contributed by atoms with Crippen molar-refractivity contribution in [2.75, 3.05) is 18.5 Å². The number of benzene rings is 2. The Kier molecular flexibility index (Phi) is 5.87. The van der Waals surface area contributed by atoms with Crippen LogP contribution in [0.3, 0.4) is 0 Å². The Balaban J connectivity index is 1.77. The summed E-state index contributed by atoms with van der Waals surface area (Å²) >= 11 is 0. The molecule has 0 aromatic heterocycles. The summed E-state index contributed by atoms with van der Waals surface area (Å²) < 4.78 is 5.52. The van der Waals surface area contributed by atoms with E-state index >= 15 is 0 Å². The second kappa shape index (κ2) is 8.30. The molecular formula is C22H27NO2. The fourth-order valence-electron chi connectivity index (χ4n) is 3.51. The molecule has 25 heavy (non-hydrogen) atoms. The van der Waals surface area contributed by atoms with Gasteiger partial charge in [-0.2, -0.15) is 0 Å². The topological polar surface area (TPSA) is 38.3 Å². The molecule has 1 heterocycles. The molecule has 2 aromatic rings. The van der Waals surface area contributed by atoms with Gasteiger partial charge in [0.2, 0.25) is 5.91 Å². The molecule has 0 atom stereocenters. The Hall–Kier alpha value is -2.13. The zero-order valence-corrected chi connectivity index (χ0v) is 15.0. The van der Waals surface area contributed by atoms with Crippen molar-refractivity contribution in [1.29, 1.82) is 0 Å². The molecule has 132 valence electrons. The van der Waals surface area contributed by atoms with E-state index in [2.05, 4.69) is 36.5 Å².